The van der Waals surface area contributed by atoms with Crippen molar-refractivity contribution in [3.05, 3.63) is 84.1 Å². The van der Waals surface area contributed by atoms with Crippen LogP contribution in [0.25, 0.3) is 0 Å². The number of hydrogen-bond donors (Lipinski definition) is 1. The van der Waals surface area contributed by atoms with Gasteiger partial charge in [-0.3, -0.25) is 4.79 Å². The number of carbonyl (C=O) groups excluding carboxylic acids is 1. The van der Waals surface area contributed by atoms with Crippen molar-refractivity contribution in [3.63, 3.8) is 0 Å². The van der Waals surface area contributed by atoms with E-state index in [-0.39, 0.29) is 6.61 Å². The Kier molecular flexibility index (Phi) is 8.63. The smallest absolute Gasteiger partial charge is 0.150 e. The summed E-state index contributed by atoms with van der Waals surface area (Å²) >= 11 is 0. The SMILES string of the molecule is CCN(CC)c1ccc(CN(CC(O)COc2cccc(C=O)c2)c2ccccn2)cc1. The molecule has 6 nitrogen and oxygen atoms in total. The fourth-order valence-corrected chi connectivity index (χ4v) is 3.58. The van der Waals surface area contributed by atoms with Gasteiger partial charge < -0.3 is 19.6 Å². The Morgan fingerprint density at radius 1 is 1.00 bits per heavy atom. The van der Waals surface area contributed by atoms with Crippen molar-refractivity contribution < 1.29 is 14.6 Å². The Morgan fingerprint density at radius 3 is 2.44 bits per heavy atom. The Hall–Kier alpha value is -3.38. The number of ether oxygens (including phenoxy) is 1. The summed E-state index contributed by atoms with van der Waals surface area (Å²) in [5.41, 5.74) is 2.88. The molecule has 0 saturated carbocycles. The Morgan fingerprint density at radius 2 is 1.78 bits per heavy atom. The Balaban J connectivity index is 1.67. The lowest BCUT2D eigenvalue weighted by Gasteiger charge is -2.27. The molecule has 0 radical (unpaired) electrons. The van der Waals surface area contributed by atoms with Crippen molar-refractivity contribution in [1.29, 1.82) is 0 Å². The maximum absolute atomic E-state index is 10.9. The van der Waals surface area contributed by atoms with E-state index in [1.54, 1.807) is 30.5 Å². The van der Waals surface area contributed by atoms with Crippen LogP contribution in [0, 0.1) is 0 Å². The molecule has 2 aromatic carbocycles. The van der Waals surface area contributed by atoms with Crippen LogP contribution in [0.1, 0.15) is 29.8 Å². The number of pyridine rings is 1. The van der Waals surface area contributed by atoms with Gasteiger partial charge in [0.2, 0.25) is 0 Å². The lowest BCUT2D eigenvalue weighted by Crippen LogP contribution is -2.35. The second-order valence-corrected chi connectivity index (χ2v) is 7.56. The monoisotopic (exact) mass is 433 g/mol. The van der Waals surface area contributed by atoms with Crippen LogP contribution in [-0.2, 0) is 6.54 Å². The van der Waals surface area contributed by atoms with E-state index in [0.29, 0.717) is 24.4 Å². The minimum Gasteiger partial charge on any atom is -0.491 e. The lowest BCUT2D eigenvalue weighted by atomic mass is 10.1. The van der Waals surface area contributed by atoms with Gasteiger partial charge in [0.1, 0.15) is 30.6 Å². The molecule has 3 rings (SSSR count). The molecule has 168 valence electrons. The van der Waals surface area contributed by atoms with E-state index in [2.05, 4.69) is 48.0 Å². The molecular formula is C26H31N3O3. The standard InChI is InChI=1S/C26H31N3O3/c1-3-28(4-2)23-13-11-21(12-14-23)17-29(26-10-5-6-15-27-26)18-24(31)20-32-25-9-7-8-22(16-25)19-30/h5-16,19,24,31H,3-4,17-18,20H2,1-2H3. The van der Waals surface area contributed by atoms with E-state index >= 15 is 0 Å². The van der Waals surface area contributed by atoms with Crippen molar-refractivity contribution in [1.82, 2.24) is 4.98 Å². The fourth-order valence-electron chi connectivity index (χ4n) is 3.58. The van der Waals surface area contributed by atoms with Crippen LogP contribution in [0.15, 0.2) is 72.9 Å². The molecule has 32 heavy (non-hydrogen) atoms. The summed E-state index contributed by atoms with van der Waals surface area (Å²) in [5.74, 6) is 1.35. The first-order valence-electron chi connectivity index (χ1n) is 11.0. The van der Waals surface area contributed by atoms with Gasteiger partial charge in [-0.1, -0.05) is 30.3 Å². The summed E-state index contributed by atoms with van der Waals surface area (Å²) in [5, 5.41) is 10.7. The van der Waals surface area contributed by atoms with Gasteiger partial charge in [0.05, 0.1) is 0 Å². The van der Waals surface area contributed by atoms with Crippen LogP contribution in [0.4, 0.5) is 11.5 Å². The zero-order valence-corrected chi connectivity index (χ0v) is 18.7. The number of hydrogen-bond acceptors (Lipinski definition) is 6. The third-order valence-corrected chi connectivity index (χ3v) is 5.28. The van der Waals surface area contributed by atoms with Crippen LogP contribution in [0.3, 0.4) is 0 Å². The summed E-state index contributed by atoms with van der Waals surface area (Å²) in [6.07, 6.45) is 1.80. The topological polar surface area (TPSA) is 65.9 Å². The Labute approximate surface area is 190 Å². The van der Waals surface area contributed by atoms with Crippen LogP contribution < -0.4 is 14.5 Å². The van der Waals surface area contributed by atoms with E-state index in [0.717, 1.165) is 30.8 Å². The summed E-state index contributed by atoms with van der Waals surface area (Å²) in [6, 6.07) is 21.2. The molecule has 1 heterocycles. The molecule has 3 aromatic rings. The molecule has 1 unspecified atom stereocenters. The summed E-state index contributed by atoms with van der Waals surface area (Å²) in [7, 11) is 0. The zero-order chi connectivity index (χ0) is 22.8. The summed E-state index contributed by atoms with van der Waals surface area (Å²) in [6.45, 7) is 7.34. The minimum absolute atomic E-state index is 0.118. The van der Waals surface area contributed by atoms with E-state index < -0.39 is 6.10 Å². The molecule has 0 bridgehead atoms. The molecule has 0 aliphatic carbocycles. The number of benzene rings is 2. The predicted octanol–water partition coefficient (Wildman–Crippen LogP) is 4.19. The summed E-state index contributed by atoms with van der Waals surface area (Å²) in [4.78, 5) is 19.8. The van der Waals surface area contributed by atoms with Crippen LogP contribution in [0.2, 0.25) is 0 Å². The number of carbonyl (C=O) groups is 1. The highest BCUT2D eigenvalue weighted by Crippen LogP contribution is 2.19. The first-order chi connectivity index (χ1) is 15.6. The van der Waals surface area contributed by atoms with Crippen molar-refractivity contribution in [3.8, 4) is 5.75 Å². The average molecular weight is 434 g/mol. The van der Waals surface area contributed by atoms with Crippen molar-refractivity contribution in [2.24, 2.45) is 0 Å². The van der Waals surface area contributed by atoms with E-state index in [9.17, 15) is 9.90 Å². The predicted molar refractivity (Wildman–Crippen MR) is 129 cm³/mol. The highest BCUT2D eigenvalue weighted by molar-refractivity contribution is 5.75. The third-order valence-electron chi connectivity index (χ3n) is 5.28. The van der Waals surface area contributed by atoms with Gasteiger partial charge in [0.25, 0.3) is 0 Å². The van der Waals surface area contributed by atoms with Gasteiger partial charge in [-0.2, -0.15) is 0 Å². The molecule has 0 aliphatic rings. The van der Waals surface area contributed by atoms with Crippen molar-refractivity contribution >= 4 is 17.8 Å². The highest BCUT2D eigenvalue weighted by Gasteiger charge is 2.15. The second-order valence-electron chi connectivity index (χ2n) is 7.56. The number of anilines is 2. The van der Waals surface area contributed by atoms with Crippen molar-refractivity contribution in [2.75, 3.05) is 36.0 Å². The van der Waals surface area contributed by atoms with Gasteiger partial charge in [-0.25, -0.2) is 4.98 Å². The number of aromatic nitrogens is 1. The van der Waals surface area contributed by atoms with E-state index in [1.807, 2.05) is 23.1 Å². The first-order valence-corrected chi connectivity index (χ1v) is 11.0. The maximum Gasteiger partial charge on any atom is 0.150 e. The Bertz CT molecular complexity index is 960. The van der Waals surface area contributed by atoms with E-state index in [4.69, 9.17) is 4.74 Å². The number of aldehydes is 1. The van der Waals surface area contributed by atoms with Crippen LogP contribution >= 0.6 is 0 Å². The number of rotatable bonds is 12. The lowest BCUT2D eigenvalue weighted by molar-refractivity contribution is 0.110. The number of aliphatic hydroxyl groups excluding tert-OH is 1. The molecule has 1 N–H and O–H groups in total. The van der Waals surface area contributed by atoms with Gasteiger partial charge in [-0.15, -0.1) is 0 Å². The molecule has 0 amide bonds. The van der Waals surface area contributed by atoms with Crippen LogP contribution in [0.5, 0.6) is 5.75 Å². The van der Waals surface area contributed by atoms with Gasteiger partial charge in [0.15, 0.2) is 0 Å². The quantitative estimate of drug-likeness (QED) is 0.432. The maximum atomic E-state index is 10.9. The number of aliphatic hydroxyl groups is 1. The molecule has 0 spiro atoms. The first kappa shape index (κ1) is 23.3. The molecule has 6 heteroatoms. The molecule has 0 saturated heterocycles. The van der Waals surface area contributed by atoms with Crippen molar-refractivity contribution in [2.45, 2.75) is 26.5 Å². The minimum atomic E-state index is -0.730. The number of nitrogens with zero attached hydrogens (tertiary/aromatic N) is 3. The average Bonchev–Trinajstić information content (AvgIpc) is 2.85. The highest BCUT2D eigenvalue weighted by atomic mass is 16.5. The zero-order valence-electron chi connectivity index (χ0n) is 18.7. The molecule has 1 atom stereocenters. The normalized spacial score (nSPS) is 11.6. The van der Waals surface area contributed by atoms with E-state index in [1.165, 1.54) is 5.69 Å². The van der Waals surface area contributed by atoms with Crippen LogP contribution in [-0.4, -0.2) is 48.7 Å². The van der Waals surface area contributed by atoms with Gasteiger partial charge in [-0.05, 0) is 55.8 Å². The summed E-state index contributed by atoms with van der Waals surface area (Å²) < 4.78 is 5.70. The molecule has 1 aromatic heterocycles. The van der Waals surface area contributed by atoms with Gasteiger partial charge in [0, 0.05) is 43.6 Å². The molecule has 0 aliphatic heterocycles. The fraction of sp³-hybridized carbons (Fsp3) is 0.308. The third kappa shape index (κ3) is 6.56. The van der Waals surface area contributed by atoms with Gasteiger partial charge >= 0.3 is 0 Å². The largest absolute Gasteiger partial charge is 0.491 e. The molecule has 0 fully saturated rings. The molecular weight excluding hydrogens is 402 g/mol. The second kappa shape index (κ2) is 11.9.